The van der Waals surface area contributed by atoms with Gasteiger partial charge in [0, 0.05) is 20.0 Å². The summed E-state index contributed by atoms with van der Waals surface area (Å²) in [7, 11) is 0. The van der Waals surface area contributed by atoms with Crippen LogP contribution < -0.4 is 4.74 Å². The van der Waals surface area contributed by atoms with Gasteiger partial charge in [0.15, 0.2) is 0 Å². The van der Waals surface area contributed by atoms with Crippen LogP contribution in [0.4, 0.5) is 0 Å². The van der Waals surface area contributed by atoms with Crippen LogP contribution in [-0.4, -0.2) is 5.11 Å². The number of phenols is 1. The predicted molar refractivity (Wildman–Crippen MR) is 119 cm³/mol. The highest BCUT2D eigenvalue weighted by Crippen LogP contribution is 2.61. The van der Waals surface area contributed by atoms with Gasteiger partial charge in [-0.3, -0.25) is 0 Å². The van der Waals surface area contributed by atoms with Gasteiger partial charge in [0.1, 0.15) is 17.2 Å². The van der Waals surface area contributed by atoms with Crippen molar-refractivity contribution in [1.82, 2.24) is 0 Å². The van der Waals surface area contributed by atoms with Gasteiger partial charge in [-0.15, -0.1) is 11.3 Å². The van der Waals surface area contributed by atoms with Crippen LogP contribution in [0.3, 0.4) is 0 Å². The molecule has 4 aromatic rings. The second-order valence-corrected chi connectivity index (χ2v) is 9.36. The van der Waals surface area contributed by atoms with E-state index in [-0.39, 0.29) is 11.2 Å². The van der Waals surface area contributed by atoms with E-state index in [2.05, 4.69) is 47.1 Å². The number of halogens is 1. The monoisotopic (exact) mass is 450 g/mol. The molecular formula is C24H19BrO2S. The highest BCUT2D eigenvalue weighted by molar-refractivity contribution is 9.10. The van der Waals surface area contributed by atoms with Gasteiger partial charge in [0.05, 0.1) is 4.88 Å². The first-order chi connectivity index (χ1) is 13.6. The molecule has 3 aromatic carbocycles. The average Bonchev–Trinajstić information content (AvgIpc) is 3.41. The Hall–Kier alpha value is -2.30. The molecule has 1 aliphatic carbocycles. The zero-order valence-electron chi connectivity index (χ0n) is 15.4. The normalized spacial score (nSPS) is 14.9. The largest absolute Gasteiger partial charge is 0.508 e. The predicted octanol–water partition coefficient (Wildman–Crippen LogP) is 7.55. The summed E-state index contributed by atoms with van der Waals surface area (Å²) >= 11 is 5.22. The summed E-state index contributed by atoms with van der Waals surface area (Å²) in [4.78, 5) is 1.25. The van der Waals surface area contributed by atoms with Gasteiger partial charge in [-0.25, -0.2) is 0 Å². The van der Waals surface area contributed by atoms with E-state index in [0.717, 1.165) is 38.9 Å². The summed E-state index contributed by atoms with van der Waals surface area (Å²) in [5, 5.41) is 11.0. The molecule has 1 fully saturated rings. The summed E-state index contributed by atoms with van der Waals surface area (Å²) in [5.74, 6) is 2.03. The molecule has 0 atom stereocenters. The van der Waals surface area contributed by atoms with E-state index >= 15 is 0 Å². The Kier molecular flexibility index (Phi) is 4.22. The van der Waals surface area contributed by atoms with Crippen LogP contribution in [0.1, 0.15) is 28.8 Å². The van der Waals surface area contributed by atoms with Crippen molar-refractivity contribution in [1.29, 1.82) is 0 Å². The lowest BCUT2D eigenvalue weighted by molar-refractivity contribution is 0.475. The Morgan fingerprint density at radius 1 is 1.00 bits per heavy atom. The van der Waals surface area contributed by atoms with Crippen LogP contribution in [0.25, 0.3) is 10.1 Å². The molecule has 1 aliphatic rings. The van der Waals surface area contributed by atoms with Crippen molar-refractivity contribution in [3.63, 3.8) is 0 Å². The van der Waals surface area contributed by atoms with Crippen LogP contribution in [0, 0.1) is 6.92 Å². The lowest BCUT2D eigenvalue weighted by Crippen LogP contribution is -2.09. The lowest BCUT2D eigenvalue weighted by Gasteiger charge is -2.19. The number of hydrogen-bond acceptors (Lipinski definition) is 3. The molecule has 4 heteroatoms. The maximum atomic E-state index is 9.99. The first-order valence-corrected chi connectivity index (χ1v) is 10.9. The SMILES string of the molecule is Cc1ccccc1C1(c2sc3cc(O)ccc3c2Oc2ccc(Br)cc2)CC1. The molecule has 1 aromatic heterocycles. The van der Waals surface area contributed by atoms with Gasteiger partial charge in [0.2, 0.25) is 0 Å². The maximum absolute atomic E-state index is 9.99. The highest BCUT2D eigenvalue weighted by Gasteiger charge is 2.50. The third-order valence-corrected chi connectivity index (χ3v) is 7.37. The smallest absolute Gasteiger partial charge is 0.150 e. The standard InChI is InChI=1S/C24H19BrO2S/c1-15-4-2-3-5-20(15)24(12-13-24)23-22(27-18-9-6-16(25)7-10-18)19-11-8-17(26)14-21(19)28-23/h2-11,14,26H,12-13H2,1H3. The van der Waals surface area contributed by atoms with Gasteiger partial charge in [0.25, 0.3) is 0 Å². The number of ether oxygens (including phenoxy) is 1. The van der Waals surface area contributed by atoms with E-state index in [4.69, 9.17) is 4.74 Å². The molecule has 0 aliphatic heterocycles. The lowest BCUT2D eigenvalue weighted by atomic mass is 9.90. The van der Waals surface area contributed by atoms with Crippen LogP contribution in [0.2, 0.25) is 0 Å². The first kappa shape index (κ1) is 17.8. The summed E-state index contributed by atoms with van der Waals surface area (Å²) in [6.45, 7) is 2.18. The number of aromatic hydroxyl groups is 1. The number of hydrogen-bond donors (Lipinski definition) is 1. The van der Waals surface area contributed by atoms with Crippen molar-refractivity contribution in [3.8, 4) is 17.2 Å². The number of aryl methyl sites for hydroxylation is 1. The Balaban J connectivity index is 1.70. The Morgan fingerprint density at radius 3 is 2.46 bits per heavy atom. The molecule has 0 unspecified atom stereocenters. The second-order valence-electron chi connectivity index (χ2n) is 7.39. The molecule has 0 bridgehead atoms. The summed E-state index contributed by atoms with van der Waals surface area (Å²) < 4.78 is 8.54. The van der Waals surface area contributed by atoms with E-state index < -0.39 is 0 Å². The summed E-state index contributed by atoms with van der Waals surface area (Å²) in [6, 6.07) is 22.1. The second kappa shape index (κ2) is 6.64. The average molecular weight is 451 g/mol. The van der Waals surface area contributed by atoms with E-state index in [1.54, 1.807) is 17.4 Å². The van der Waals surface area contributed by atoms with Crippen LogP contribution in [0.15, 0.2) is 71.2 Å². The van der Waals surface area contributed by atoms with Gasteiger partial charge < -0.3 is 9.84 Å². The zero-order chi connectivity index (χ0) is 19.3. The molecule has 140 valence electrons. The van der Waals surface area contributed by atoms with Crippen molar-refractivity contribution in [3.05, 3.63) is 87.2 Å². The molecule has 0 amide bonds. The van der Waals surface area contributed by atoms with Crippen LogP contribution >= 0.6 is 27.3 Å². The number of fused-ring (bicyclic) bond motifs is 1. The van der Waals surface area contributed by atoms with Gasteiger partial charge in [-0.05, 0) is 73.4 Å². The number of phenolic OH excluding ortho intramolecular Hbond substituents is 1. The summed E-state index contributed by atoms with van der Waals surface area (Å²) in [6.07, 6.45) is 2.24. The van der Waals surface area contributed by atoms with Crippen LogP contribution in [0.5, 0.6) is 17.2 Å². The molecule has 1 N–H and O–H groups in total. The zero-order valence-corrected chi connectivity index (χ0v) is 17.8. The molecule has 5 rings (SSSR count). The molecule has 1 heterocycles. The number of rotatable bonds is 4. The molecule has 2 nitrogen and oxygen atoms in total. The minimum absolute atomic E-state index is 0.00927. The maximum Gasteiger partial charge on any atom is 0.150 e. The van der Waals surface area contributed by atoms with Crippen molar-refractivity contribution < 1.29 is 9.84 Å². The third-order valence-electron chi connectivity index (χ3n) is 5.51. The van der Waals surface area contributed by atoms with Crippen molar-refractivity contribution in [2.75, 3.05) is 0 Å². The Morgan fingerprint density at radius 2 is 1.75 bits per heavy atom. The van der Waals surface area contributed by atoms with Crippen LogP contribution in [-0.2, 0) is 5.41 Å². The molecule has 0 spiro atoms. The van der Waals surface area contributed by atoms with Gasteiger partial charge >= 0.3 is 0 Å². The highest BCUT2D eigenvalue weighted by atomic mass is 79.9. The van der Waals surface area contributed by atoms with Gasteiger partial charge in [-0.1, -0.05) is 40.2 Å². The molecule has 0 radical (unpaired) electrons. The minimum atomic E-state index is 0.00927. The molecule has 28 heavy (non-hydrogen) atoms. The molecular weight excluding hydrogens is 432 g/mol. The fourth-order valence-corrected chi connectivity index (χ4v) is 5.64. The molecule has 0 saturated heterocycles. The number of thiophene rings is 1. The van der Waals surface area contributed by atoms with Crippen molar-refractivity contribution >= 4 is 37.4 Å². The summed E-state index contributed by atoms with van der Waals surface area (Å²) in [5.41, 5.74) is 2.70. The Labute approximate surface area is 176 Å². The fourth-order valence-electron chi connectivity index (χ4n) is 3.95. The minimum Gasteiger partial charge on any atom is -0.508 e. The topological polar surface area (TPSA) is 29.5 Å². The van der Waals surface area contributed by atoms with Gasteiger partial charge in [-0.2, -0.15) is 0 Å². The van der Waals surface area contributed by atoms with Crippen molar-refractivity contribution in [2.45, 2.75) is 25.2 Å². The Bertz CT molecular complexity index is 1170. The first-order valence-electron chi connectivity index (χ1n) is 9.32. The van der Waals surface area contributed by atoms with E-state index in [0.29, 0.717) is 0 Å². The number of benzene rings is 3. The van der Waals surface area contributed by atoms with E-state index in [1.807, 2.05) is 36.4 Å². The van der Waals surface area contributed by atoms with E-state index in [9.17, 15) is 5.11 Å². The molecule has 1 saturated carbocycles. The van der Waals surface area contributed by atoms with E-state index in [1.165, 1.54) is 16.0 Å². The quantitative estimate of drug-likeness (QED) is 0.347. The fraction of sp³-hybridized carbons (Fsp3) is 0.167. The third kappa shape index (κ3) is 2.92. The van der Waals surface area contributed by atoms with Crippen molar-refractivity contribution in [2.24, 2.45) is 0 Å².